The van der Waals surface area contributed by atoms with Gasteiger partial charge in [-0.1, -0.05) is 29.5 Å². The third kappa shape index (κ3) is 5.82. The van der Waals surface area contributed by atoms with Gasteiger partial charge in [-0.3, -0.25) is 9.10 Å². The van der Waals surface area contributed by atoms with Crippen molar-refractivity contribution in [2.24, 2.45) is 7.05 Å². The first-order valence-electron chi connectivity index (χ1n) is 9.35. The number of aromatic nitrogens is 3. The van der Waals surface area contributed by atoms with Crippen molar-refractivity contribution < 1.29 is 22.0 Å². The molecule has 2 aromatic carbocycles. The molecule has 170 valence electrons. The van der Waals surface area contributed by atoms with Gasteiger partial charge in [0.05, 0.1) is 29.9 Å². The molecular weight excluding hydrogens is 460 g/mol. The van der Waals surface area contributed by atoms with Crippen LogP contribution >= 0.6 is 11.8 Å². The lowest BCUT2D eigenvalue weighted by atomic mass is 10.2. The number of thioether (sulfide) groups is 1. The summed E-state index contributed by atoms with van der Waals surface area (Å²) in [5.41, 5.74) is 1.37. The topological polar surface area (TPSA) is 97.2 Å². The number of aryl methyl sites for hydroxylation is 1. The molecule has 1 amide bonds. The second-order valence-electron chi connectivity index (χ2n) is 7.02. The number of hydrogen-bond donors (Lipinski definition) is 1. The monoisotopic (exact) mass is 481 g/mol. The van der Waals surface area contributed by atoms with Gasteiger partial charge in [-0.05, 0) is 31.2 Å². The van der Waals surface area contributed by atoms with Crippen LogP contribution in [0.25, 0.3) is 0 Å². The molecule has 12 heteroatoms. The van der Waals surface area contributed by atoms with Crippen LogP contribution in [0.15, 0.2) is 47.6 Å². The molecule has 0 unspecified atom stereocenters. The van der Waals surface area contributed by atoms with Crippen LogP contribution in [-0.4, -0.2) is 41.1 Å². The van der Waals surface area contributed by atoms with Crippen molar-refractivity contribution in [3.63, 3.8) is 0 Å². The quantitative estimate of drug-likeness (QED) is 0.497. The van der Waals surface area contributed by atoms with Crippen LogP contribution in [0, 0.1) is 18.6 Å². The molecule has 1 aromatic heterocycles. The summed E-state index contributed by atoms with van der Waals surface area (Å²) in [6.07, 6.45) is 1.11. The van der Waals surface area contributed by atoms with E-state index in [0.717, 1.165) is 35.7 Å². The average molecular weight is 482 g/mol. The van der Waals surface area contributed by atoms with Crippen molar-refractivity contribution in [1.82, 2.24) is 14.8 Å². The van der Waals surface area contributed by atoms with Crippen LogP contribution in [0.5, 0.6) is 0 Å². The predicted molar refractivity (Wildman–Crippen MR) is 119 cm³/mol. The predicted octanol–water partition coefficient (Wildman–Crippen LogP) is 3.10. The molecule has 0 aliphatic heterocycles. The van der Waals surface area contributed by atoms with Gasteiger partial charge in [-0.2, -0.15) is 0 Å². The number of sulfonamides is 1. The maximum absolute atomic E-state index is 13.7. The SMILES string of the molecule is Cc1ccc(N(Cc2nnc(SCC(=O)Nc3ccc(F)cc3F)n2C)S(C)(=O)=O)cc1. The normalized spacial score (nSPS) is 11.4. The molecule has 1 N–H and O–H groups in total. The molecular formula is C20H21F2N5O3S2. The molecule has 0 bridgehead atoms. The molecule has 0 atom stereocenters. The van der Waals surface area contributed by atoms with Gasteiger partial charge >= 0.3 is 0 Å². The minimum Gasteiger partial charge on any atom is -0.323 e. The first kappa shape index (κ1) is 23.7. The maximum Gasteiger partial charge on any atom is 0.234 e. The number of anilines is 2. The molecule has 8 nitrogen and oxygen atoms in total. The van der Waals surface area contributed by atoms with Crippen molar-refractivity contribution in [2.75, 3.05) is 21.6 Å². The second-order valence-corrected chi connectivity index (χ2v) is 9.87. The minimum atomic E-state index is -3.58. The van der Waals surface area contributed by atoms with E-state index in [2.05, 4.69) is 15.5 Å². The molecule has 32 heavy (non-hydrogen) atoms. The van der Waals surface area contributed by atoms with Crippen molar-refractivity contribution in [2.45, 2.75) is 18.6 Å². The Morgan fingerprint density at radius 1 is 1.16 bits per heavy atom. The Morgan fingerprint density at radius 3 is 2.47 bits per heavy atom. The van der Waals surface area contributed by atoms with Crippen molar-refractivity contribution in [3.05, 3.63) is 65.5 Å². The van der Waals surface area contributed by atoms with Crippen LogP contribution in [-0.2, 0) is 28.4 Å². The van der Waals surface area contributed by atoms with Gasteiger partial charge in [0.25, 0.3) is 0 Å². The summed E-state index contributed by atoms with van der Waals surface area (Å²) in [5.74, 6) is -1.85. The zero-order chi connectivity index (χ0) is 23.5. The molecule has 3 aromatic rings. The van der Waals surface area contributed by atoms with E-state index in [0.29, 0.717) is 22.7 Å². The van der Waals surface area contributed by atoms with Crippen LogP contribution in [0.4, 0.5) is 20.2 Å². The Hall–Kier alpha value is -2.99. The standard InChI is InChI=1S/C20H21F2N5O3S2/c1-13-4-7-15(8-5-13)27(32(3,29)30)11-18-24-25-20(26(18)2)31-12-19(28)23-17-9-6-14(21)10-16(17)22/h4-10H,11-12H2,1-3H3,(H,23,28). The van der Waals surface area contributed by atoms with E-state index in [1.54, 1.807) is 23.7 Å². The number of hydrogen-bond acceptors (Lipinski definition) is 6. The smallest absolute Gasteiger partial charge is 0.234 e. The fourth-order valence-corrected chi connectivity index (χ4v) is 4.34. The summed E-state index contributed by atoms with van der Waals surface area (Å²) in [6, 6.07) is 9.91. The zero-order valence-electron chi connectivity index (χ0n) is 17.5. The number of nitrogens with one attached hydrogen (secondary N) is 1. The molecule has 1 heterocycles. The first-order valence-corrected chi connectivity index (χ1v) is 12.2. The Bertz CT molecular complexity index is 1230. The summed E-state index contributed by atoms with van der Waals surface area (Å²) in [7, 11) is -1.93. The highest BCUT2D eigenvalue weighted by atomic mass is 32.2. The molecule has 0 saturated carbocycles. The Balaban J connectivity index is 1.68. The summed E-state index contributed by atoms with van der Waals surface area (Å²) in [5, 5.41) is 10.8. The van der Waals surface area contributed by atoms with E-state index in [1.807, 2.05) is 19.1 Å². The highest BCUT2D eigenvalue weighted by molar-refractivity contribution is 7.99. The Labute approximate surface area is 188 Å². The van der Waals surface area contributed by atoms with Crippen LogP contribution < -0.4 is 9.62 Å². The largest absolute Gasteiger partial charge is 0.323 e. The van der Waals surface area contributed by atoms with Gasteiger partial charge in [0.1, 0.15) is 11.6 Å². The van der Waals surface area contributed by atoms with Gasteiger partial charge in [-0.25, -0.2) is 17.2 Å². The average Bonchev–Trinajstić information content (AvgIpc) is 3.06. The summed E-state index contributed by atoms with van der Waals surface area (Å²) < 4.78 is 54.1. The number of amides is 1. The number of nitrogens with zero attached hydrogens (tertiary/aromatic N) is 4. The van der Waals surface area contributed by atoms with Crippen LogP contribution in [0.2, 0.25) is 0 Å². The van der Waals surface area contributed by atoms with Crippen LogP contribution in [0.1, 0.15) is 11.4 Å². The number of halogens is 2. The first-order chi connectivity index (χ1) is 15.0. The van der Waals surface area contributed by atoms with Gasteiger partial charge < -0.3 is 9.88 Å². The number of rotatable bonds is 8. The van der Waals surface area contributed by atoms with Crippen molar-refractivity contribution >= 4 is 39.1 Å². The number of carbonyl (C=O) groups is 1. The van der Waals surface area contributed by atoms with Gasteiger partial charge in [-0.15, -0.1) is 10.2 Å². The molecule has 0 saturated heterocycles. The minimum absolute atomic E-state index is 0.0427. The van der Waals surface area contributed by atoms with Crippen LogP contribution in [0.3, 0.4) is 0 Å². The van der Waals surface area contributed by atoms with Gasteiger partial charge in [0, 0.05) is 13.1 Å². The third-order valence-corrected chi connectivity index (χ3v) is 6.63. The highest BCUT2D eigenvalue weighted by Crippen LogP contribution is 2.23. The molecule has 0 fully saturated rings. The zero-order valence-corrected chi connectivity index (χ0v) is 19.2. The van der Waals surface area contributed by atoms with Crippen molar-refractivity contribution in [3.8, 4) is 0 Å². The molecule has 0 aliphatic rings. The summed E-state index contributed by atoms with van der Waals surface area (Å²) in [4.78, 5) is 12.1. The lowest BCUT2D eigenvalue weighted by molar-refractivity contribution is -0.113. The number of benzene rings is 2. The van der Waals surface area contributed by atoms with E-state index in [9.17, 15) is 22.0 Å². The lowest BCUT2D eigenvalue weighted by Gasteiger charge is -2.22. The fourth-order valence-electron chi connectivity index (χ4n) is 2.76. The molecule has 0 spiro atoms. The summed E-state index contributed by atoms with van der Waals surface area (Å²) >= 11 is 1.05. The fraction of sp³-hybridized carbons (Fsp3) is 0.250. The van der Waals surface area contributed by atoms with E-state index in [1.165, 1.54) is 4.31 Å². The molecule has 3 rings (SSSR count). The highest BCUT2D eigenvalue weighted by Gasteiger charge is 2.22. The Morgan fingerprint density at radius 2 is 1.84 bits per heavy atom. The van der Waals surface area contributed by atoms with Crippen molar-refractivity contribution in [1.29, 1.82) is 0 Å². The van der Waals surface area contributed by atoms with E-state index >= 15 is 0 Å². The van der Waals surface area contributed by atoms with E-state index < -0.39 is 27.6 Å². The number of carbonyl (C=O) groups excluding carboxylic acids is 1. The molecule has 0 aliphatic carbocycles. The van der Waals surface area contributed by atoms with E-state index in [-0.39, 0.29) is 18.0 Å². The van der Waals surface area contributed by atoms with E-state index in [4.69, 9.17) is 0 Å². The van der Waals surface area contributed by atoms with Gasteiger partial charge in [0.2, 0.25) is 15.9 Å². The van der Waals surface area contributed by atoms with Gasteiger partial charge in [0.15, 0.2) is 11.0 Å². The second kappa shape index (κ2) is 9.65. The lowest BCUT2D eigenvalue weighted by Crippen LogP contribution is -2.30. The third-order valence-electron chi connectivity index (χ3n) is 4.47. The Kier molecular flexibility index (Phi) is 7.14. The summed E-state index contributed by atoms with van der Waals surface area (Å²) in [6.45, 7) is 1.86. The maximum atomic E-state index is 13.7. The molecule has 0 radical (unpaired) electrons.